The summed E-state index contributed by atoms with van der Waals surface area (Å²) in [4.78, 5) is 44.3. The zero-order valence-corrected chi connectivity index (χ0v) is 18.6. The Labute approximate surface area is 185 Å². The molecule has 3 N–H and O–H groups in total. The highest BCUT2D eigenvalue weighted by molar-refractivity contribution is 6.01. The van der Waals surface area contributed by atoms with Gasteiger partial charge in [-0.15, -0.1) is 0 Å². The van der Waals surface area contributed by atoms with Crippen LogP contribution in [0.1, 0.15) is 67.3 Å². The van der Waals surface area contributed by atoms with E-state index in [9.17, 15) is 19.5 Å². The summed E-state index contributed by atoms with van der Waals surface area (Å²) < 4.78 is 6.88. The molecular formula is C21H28N6O5. The summed E-state index contributed by atoms with van der Waals surface area (Å²) in [5.41, 5.74) is -0.593. The number of rotatable bonds is 6. The number of amides is 1. The van der Waals surface area contributed by atoms with Gasteiger partial charge in [-0.2, -0.15) is 5.10 Å². The van der Waals surface area contributed by atoms with E-state index in [1.807, 2.05) is 0 Å². The highest BCUT2D eigenvalue weighted by Gasteiger charge is 2.30. The summed E-state index contributed by atoms with van der Waals surface area (Å²) in [6.45, 7) is 5.38. The summed E-state index contributed by atoms with van der Waals surface area (Å²) in [6, 6.07) is -0.448. The van der Waals surface area contributed by atoms with Gasteiger partial charge >= 0.3 is 12.1 Å². The molecule has 2 aromatic rings. The molecule has 11 heteroatoms. The number of carbonyl (C=O) groups is 3. The zero-order chi connectivity index (χ0) is 23.5. The number of anilines is 1. The molecular weight excluding hydrogens is 416 g/mol. The first-order valence-corrected chi connectivity index (χ1v) is 10.4. The minimum absolute atomic E-state index is 0.0951. The number of hydrogen-bond donors (Lipinski definition) is 3. The Hall–Kier alpha value is -3.50. The zero-order valence-electron chi connectivity index (χ0n) is 18.6. The van der Waals surface area contributed by atoms with Gasteiger partial charge in [0.05, 0.1) is 17.9 Å². The number of aromatic nitrogens is 4. The predicted octanol–water partition coefficient (Wildman–Crippen LogP) is 2.64. The van der Waals surface area contributed by atoms with Crippen LogP contribution in [0.4, 0.5) is 10.7 Å². The smallest absolute Gasteiger partial charge is 0.407 e. The number of hydrogen-bond acceptors (Lipinski definition) is 8. The first-order valence-electron chi connectivity index (χ1n) is 10.4. The lowest BCUT2D eigenvalue weighted by atomic mass is 9.90. The molecule has 3 rings (SSSR count). The van der Waals surface area contributed by atoms with E-state index in [1.165, 1.54) is 10.9 Å². The number of ether oxygens (including phenoxy) is 1. The SMILES string of the molecule is Cn1cc(-c2nc(N[C@@H]3CCCC[C@@H]3NC(=O)OC(C)(C)C)nc(C=O)c2C(=O)O)cn1. The number of aromatic carboxylic acids is 1. The van der Waals surface area contributed by atoms with Gasteiger partial charge in [0, 0.05) is 24.8 Å². The fourth-order valence-corrected chi connectivity index (χ4v) is 3.69. The van der Waals surface area contributed by atoms with Crippen LogP contribution in [0.3, 0.4) is 0 Å². The summed E-state index contributed by atoms with van der Waals surface area (Å²) in [6.07, 6.45) is 6.33. The van der Waals surface area contributed by atoms with Crippen molar-refractivity contribution >= 4 is 24.3 Å². The van der Waals surface area contributed by atoms with Crippen molar-refractivity contribution in [3.05, 3.63) is 23.7 Å². The van der Waals surface area contributed by atoms with Crippen LogP contribution in [0.2, 0.25) is 0 Å². The lowest BCUT2D eigenvalue weighted by molar-refractivity contribution is 0.0488. The number of aryl methyl sites for hydroxylation is 1. The maximum absolute atomic E-state index is 12.3. The number of nitrogens with zero attached hydrogens (tertiary/aromatic N) is 4. The lowest BCUT2D eigenvalue weighted by Crippen LogP contribution is -2.50. The van der Waals surface area contributed by atoms with Gasteiger partial charge < -0.3 is 20.5 Å². The molecule has 32 heavy (non-hydrogen) atoms. The molecule has 1 saturated carbocycles. The second-order valence-electron chi connectivity index (χ2n) is 8.77. The van der Waals surface area contributed by atoms with Gasteiger partial charge in [-0.25, -0.2) is 19.6 Å². The molecule has 11 nitrogen and oxygen atoms in total. The maximum atomic E-state index is 12.3. The Balaban J connectivity index is 1.90. The molecule has 0 aliphatic heterocycles. The number of nitrogens with one attached hydrogen (secondary N) is 2. The molecule has 0 spiro atoms. The normalized spacial score (nSPS) is 18.6. The molecule has 0 unspecified atom stereocenters. The van der Waals surface area contributed by atoms with Crippen molar-refractivity contribution in [3.63, 3.8) is 0 Å². The highest BCUT2D eigenvalue weighted by atomic mass is 16.6. The summed E-state index contributed by atoms with van der Waals surface area (Å²) in [7, 11) is 1.69. The third-order valence-electron chi connectivity index (χ3n) is 5.02. The Morgan fingerprint density at radius 2 is 1.91 bits per heavy atom. The van der Waals surface area contributed by atoms with Crippen molar-refractivity contribution in [3.8, 4) is 11.3 Å². The molecule has 1 aliphatic rings. The standard InChI is InChI=1S/C21H28N6O5/c1-21(2,3)32-20(31)25-14-8-6-5-7-13(14)23-19-24-15(11-28)16(18(29)30)17(26-19)12-9-22-27(4)10-12/h9-11,13-14H,5-8H2,1-4H3,(H,25,31)(H,29,30)(H,23,24,26)/t13-,14+/m1/s1. The van der Waals surface area contributed by atoms with Crippen molar-refractivity contribution in [1.29, 1.82) is 0 Å². The van der Waals surface area contributed by atoms with Crippen molar-refractivity contribution in [2.75, 3.05) is 5.32 Å². The molecule has 0 bridgehead atoms. The summed E-state index contributed by atoms with van der Waals surface area (Å²) >= 11 is 0. The van der Waals surface area contributed by atoms with Crippen LogP contribution >= 0.6 is 0 Å². The third-order valence-corrected chi connectivity index (χ3v) is 5.02. The quantitative estimate of drug-likeness (QED) is 0.572. The van der Waals surface area contributed by atoms with E-state index < -0.39 is 17.7 Å². The van der Waals surface area contributed by atoms with Crippen LogP contribution in [-0.4, -0.2) is 60.9 Å². The molecule has 1 aliphatic carbocycles. The van der Waals surface area contributed by atoms with E-state index in [4.69, 9.17) is 4.74 Å². The Bertz CT molecular complexity index is 1010. The van der Waals surface area contributed by atoms with Gasteiger partial charge in [0.1, 0.15) is 16.9 Å². The van der Waals surface area contributed by atoms with Gasteiger partial charge in [-0.05, 0) is 33.6 Å². The highest BCUT2D eigenvalue weighted by Crippen LogP contribution is 2.27. The minimum atomic E-state index is -1.31. The summed E-state index contributed by atoms with van der Waals surface area (Å²) in [5.74, 6) is -1.20. The van der Waals surface area contributed by atoms with Crippen LogP contribution in [0.25, 0.3) is 11.3 Å². The second-order valence-corrected chi connectivity index (χ2v) is 8.77. The van der Waals surface area contributed by atoms with Crippen molar-refractivity contribution in [2.45, 2.75) is 64.1 Å². The van der Waals surface area contributed by atoms with E-state index >= 15 is 0 Å². The lowest BCUT2D eigenvalue weighted by Gasteiger charge is -2.33. The topological polar surface area (TPSA) is 148 Å². The van der Waals surface area contributed by atoms with Gasteiger partial charge in [0.15, 0.2) is 6.29 Å². The fraction of sp³-hybridized carbons (Fsp3) is 0.524. The Morgan fingerprint density at radius 3 is 2.47 bits per heavy atom. The molecule has 0 aromatic carbocycles. The van der Waals surface area contributed by atoms with Crippen molar-refractivity contribution in [2.24, 2.45) is 7.05 Å². The number of alkyl carbamates (subject to hydrolysis) is 1. The average molecular weight is 444 g/mol. The van der Waals surface area contributed by atoms with Gasteiger partial charge in [-0.3, -0.25) is 9.48 Å². The van der Waals surface area contributed by atoms with Crippen molar-refractivity contribution in [1.82, 2.24) is 25.1 Å². The molecule has 0 saturated heterocycles. The second kappa shape index (κ2) is 9.33. The number of carboxylic acids is 1. The van der Waals surface area contributed by atoms with Gasteiger partial charge in [-0.1, -0.05) is 12.8 Å². The minimum Gasteiger partial charge on any atom is -0.478 e. The van der Waals surface area contributed by atoms with Gasteiger partial charge in [0.25, 0.3) is 0 Å². The van der Waals surface area contributed by atoms with Crippen LogP contribution < -0.4 is 10.6 Å². The number of carbonyl (C=O) groups excluding carboxylic acids is 2. The van der Waals surface area contributed by atoms with E-state index in [1.54, 1.807) is 34.0 Å². The van der Waals surface area contributed by atoms with Crippen LogP contribution in [0.5, 0.6) is 0 Å². The molecule has 2 heterocycles. The largest absolute Gasteiger partial charge is 0.478 e. The van der Waals surface area contributed by atoms with E-state index in [0.717, 1.165) is 25.7 Å². The van der Waals surface area contributed by atoms with Crippen LogP contribution in [0, 0.1) is 0 Å². The number of carboxylic acid groups (broad SMARTS) is 1. The Morgan fingerprint density at radius 1 is 1.22 bits per heavy atom. The third kappa shape index (κ3) is 5.59. The fourth-order valence-electron chi connectivity index (χ4n) is 3.69. The maximum Gasteiger partial charge on any atom is 0.407 e. The predicted molar refractivity (Wildman–Crippen MR) is 116 cm³/mol. The molecule has 1 fully saturated rings. The molecule has 0 radical (unpaired) electrons. The Kier molecular flexibility index (Phi) is 6.75. The van der Waals surface area contributed by atoms with E-state index in [-0.39, 0.29) is 35.0 Å². The molecule has 1 amide bonds. The summed E-state index contributed by atoms with van der Waals surface area (Å²) in [5, 5.41) is 19.8. The van der Waals surface area contributed by atoms with Crippen molar-refractivity contribution < 1.29 is 24.2 Å². The molecule has 2 aromatic heterocycles. The monoisotopic (exact) mass is 444 g/mol. The van der Waals surface area contributed by atoms with Gasteiger partial charge in [0.2, 0.25) is 5.95 Å². The first kappa shape index (κ1) is 23.2. The molecule has 172 valence electrons. The van der Waals surface area contributed by atoms with E-state index in [2.05, 4.69) is 25.7 Å². The first-order chi connectivity index (χ1) is 15.1. The van der Waals surface area contributed by atoms with Crippen LogP contribution in [-0.2, 0) is 11.8 Å². The van der Waals surface area contributed by atoms with E-state index in [0.29, 0.717) is 11.8 Å². The molecule has 2 atom stereocenters. The van der Waals surface area contributed by atoms with Crippen LogP contribution in [0.15, 0.2) is 12.4 Å². The number of aldehydes is 1. The average Bonchev–Trinajstić information content (AvgIpc) is 3.13.